The van der Waals surface area contributed by atoms with Gasteiger partial charge in [-0.15, -0.1) is 0 Å². The molecule has 0 bridgehead atoms. The maximum atomic E-state index is 12.1. The molecule has 8 nitrogen and oxygen atoms in total. The summed E-state index contributed by atoms with van der Waals surface area (Å²) in [6, 6.07) is 1.75. The van der Waals surface area contributed by atoms with Crippen molar-refractivity contribution in [1.82, 2.24) is 4.90 Å². The summed E-state index contributed by atoms with van der Waals surface area (Å²) >= 11 is 0. The monoisotopic (exact) mass is 309 g/mol. The van der Waals surface area contributed by atoms with Crippen molar-refractivity contribution in [2.24, 2.45) is 0 Å². The van der Waals surface area contributed by atoms with E-state index in [2.05, 4.69) is 0 Å². The summed E-state index contributed by atoms with van der Waals surface area (Å²) in [5, 5.41) is 37.6. The van der Waals surface area contributed by atoms with Crippen molar-refractivity contribution < 1.29 is 19.9 Å². The van der Waals surface area contributed by atoms with Gasteiger partial charge in [0.25, 0.3) is 11.6 Å². The largest absolute Gasteiger partial charge is 0.392 e. The molecule has 0 aliphatic carbocycles. The molecule has 0 saturated carbocycles. The van der Waals surface area contributed by atoms with Gasteiger partial charge in [0.05, 0.1) is 11.5 Å². The van der Waals surface area contributed by atoms with Gasteiger partial charge in [-0.1, -0.05) is 6.08 Å². The molecule has 22 heavy (non-hydrogen) atoms. The highest BCUT2D eigenvalue weighted by Gasteiger charge is 2.16. The first-order valence-electron chi connectivity index (χ1n) is 6.62. The van der Waals surface area contributed by atoms with Crippen LogP contribution in [0.3, 0.4) is 0 Å². The molecule has 120 valence electrons. The lowest BCUT2D eigenvalue weighted by molar-refractivity contribution is -0.429. The average molecular weight is 309 g/mol. The van der Waals surface area contributed by atoms with Gasteiger partial charge in [0, 0.05) is 19.2 Å². The van der Waals surface area contributed by atoms with Crippen molar-refractivity contribution in [3.63, 3.8) is 0 Å². The minimum Gasteiger partial charge on any atom is -0.392 e. The molecule has 0 spiro atoms. The van der Waals surface area contributed by atoms with Gasteiger partial charge < -0.3 is 15.1 Å². The SMILES string of the molecule is CCN(CC)C(=O)/C(C#N)=C/C(=C/CO)/C=C(\CO)[N+](=O)[O-]. The third-order valence-electron chi connectivity index (χ3n) is 2.77. The minimum absolute atomic E-state index is 0.0975. The normalized spacial score (nSPS) is 12.8. The molecule has 0 fully saturated rings. The van der Waals surface area contributed by atoms with E-state index in [0.717, 1.165) is 12.2 Å². The Morgan fingerprint density at radius 2 is 1.91 bits per heavy atom. The zero-order valence-corrected chi connectivity index (χ0v) is 12.5. The highest BCUT2D eigenvalue weighted by molar-refractivity contribution is 5.97. The molecule has 0 aromatic carbocycles. The molecule has 1 amide bonds. The molecular weight excluding hydrogens is 290 g/mol. The number of likely N-dealkylation sites (N-methyl/N-ethyl adjacent to an activating group) is 1. The number of rotatable bonds is 8. The highest BCUT2D eigenvalue weighted by Crippen LogP contribution is 2.10. The topological polar surface area (TPSA) is 128 Å². The third kappa shape index (κ3) is 5.87. The quantitative estimate of drug-likeness (QED) is 0.219. The van der Waals surface area contributed by atoms with Crippen LogP contribution in [0.2, 0.25) is 0 Å². The molecule has 0 radical (unpaired) electrons. The lowest BCUT2D eigenvalue weighted by Gasteiger charge is -2.17. The van der Waals surface area contributed by atoms with Crippen molar-refractivity contribution >= 4 is 5.91 Å². The molecule has 0 aliphatic heterocycles. The van der Waals surface area contributed by atoms with Gasteiger partial charge in [0.1, 0.15) is 18.2 Å². The Hall–Kier alpha value is -2.50. The van der Waals surface area contributed by atoms with Crippen molar-refractivity contribution in [3.8, 4) is 6.07 Å². The Bertz CT molecular complexity index is 539. The number of nitrogens with zero attached hydrogens (tertiary/aromatic N) is 3. The van der Waals surface area contributed by atoms with E-state index in [1.54, 1.807) is 19.9 Å². The first-order chi connectivity index (χ1) is 10.4. The molecule has 0 saturated heterocycles. The predicted octanol–water partition coefficient (Wildman–Crippen LogP) is 0.376. The summed E-state index contributed by atoms with van der Waals surface area (Å²) in [5.41, 5.74) is -0.621. The number of nitriles is 1. The van der Waals surface area contributed by atoms with Crippen molar-refractivity contribution in [2.75, 3.05) is 26.3 Å². The number of aliphatic hydroxyl groups is 2. The highest BCUT2D eigenvalue weighted by atomic mass is 16.6. The number of hydrogen-bond acceptors (Lipinski definition) is 6. The molecule has 2 N–H and O–H groups in total. The lowest BCUT2D eigenvalue weighted by atomic mass is 10.1. The van der Waals surface area contributed by atoms with Gasteiger partial charge in [-0.3, -0.25) is 14.9 Å². The molecule has 8 heteroatoms. The van der Waals surface area contributed by atoms with E-state index < -0.39 is 29.7 Å². The van der Waals surface area contributed by atoms with E-state index in [9.17, 15) is 14.9 Å². The molecule has 0 atom stereocenters. The maximum absolute atomic E-state index is 12.1. The molecule has 0 heterocycles. The fourth-order valence-corrected chi connectivity index (χ4v) is 1.60. The van der Waals surface area contributed by atoms with Crippen molar-refractivity contribution in [1.29, 1.82) is 5.26 Å². The van der Waals surface area contributed by atoms with E-state index in [0.29, 0.717) is 13.1 Å². The fraction of sp³-hybridized carbons (Fsp3) is 0.429. The standard InChI is InChI=1S/C14H19N3O5/c1-3-16(4-2)14(20)12(9-15)7-11(5-6-18)8-13(10-19)17(21)22/h5,7-8,18-19H,3-4,6,10H2,1-2H3/b11-5-,12-7+,13-8+. The number of hydrogen-bond donors (Lipinski definition) is 2. The predicted molar refractivity (Wildman–Crippen MR) is 79.0 cm³/mol. The van der Waals surface area contributed by atoms with Crippen LogP contribution in [-0.2, 0) is 4.79 Å². The number of aliphatic hydroxyl groups excluding tert-OH is 2. The van der Waals surface area contributed by atoms with E-state index in [-0.39, 0.29) is 11.1 Å². The third-order valence-corrected chi connectivity index (χ3v) is 2.77. The van der Waals surface area contributed by atoms with Crippen LogP contribution in [0.4, 0.5) is 0 Å². The van der Waals surface area contributed by atoms with Crippen LogP contribution in [0, 0.1) is 21.4 Å². The molecule has 0 rings (SSSR count). The summed E-state index contributed by atoms with van der Waals surface area (Å²) in [5.74, 6) is -0.503. The molecule has 0 unspecified atom stereocenters. The van der Waals surface area contributed by atoms with E-state index in [1.165, 1.54) is 11.0 Å². The van der Waals surface area contributed by atoms with Gasteiger partial charge >= 0.3 is 0 Å². The van der Waals surface area contributed by atoms with Crippen LogP contribution in [0.15, 0.2) is 35.1 Å². The van der Waals surface area contributed by atoms with E-state index in [4.69, 9.17) is 15.5 Å². The maximum Gasteiger partial charge on any atom is 0.271 e. The van der Waals surface area contributed by atoms with Crippen LogP contribution in [-0.4, -0.2) is 52.2 Å². The summed E-state index contributed by atoms with van der Waals surface area (Å²) in [7, 11) is 0. The number of allylic oxidation sites excluding steroid dienone is 3. The second-order valence-corrected chi connectivity index (χ2v) is 4.08. The average Bonchev–Trinajstić information content (AvgIpc) is 2.50. The smallest absolute Gasteiger partial charge is 0.271 e. The summed E-state index contributed by atoms with van der Waals surface area (Å²) in [6.07, 6.45) is 3.35. The van der Waals surface area contributed by atoms with Gasteiger partial charge in [-0.25, -0.2) is 0 Å². The summed E-state index contributed by atoms with van der Waals surface area (Å²) in [4.78, 5) is 23.4. The van der Waals surface area contributed by atoms with Crippen LogP contribution in [0.1, 0.15) is 13.8 Å². The first kappa shape index (κ1) is 19.5. The fourth-order valence-electron chi connectivity index (χ4n) is 1.60. The van der Waals surface area contributed by atoms with Crippen LogP contribution < -0.4 is 0 Å². The van der Waals surface area contributed by atoms with Gasteiger partial charge in [-0.05, 0) is 25.5 Å². The second-order valence-electron chi connectivity index (χ2n) is 4.08. The van der Waals surface area contributed by atoms with Gasteiger partial charge in [0.15, 0.2) is 0 Å². The molecular formula is C14H19N3O5. The Labute approximate surface area is 128 Å². The number of amides is 1. The first-order valence-corrected chi connectivity index (χ1v) is 6.62. The Kier molecular flexibility index (Phi) is 9.09. The second kappa shape index (κ2) is 10.3. The summed E-state index contributed by atoms with van der Waals surface area (Å²) < 4.78 is 0. The minimum atomic E-state index is -0.810. The van der Waals surface area contributed by atoms with Gasteiger partial charge in [-0.2, -0.15) is 5.26 Å². The van der Waals surface area contributed by atoms with Crippen LogP contribution in [0.25, 0.3) is 0 Å². The Morgan fingerprint density at radius 3 is 2.27 bits per heavy atom. The lowest BCUT2D eigenvalue weighted by Crippen LogP contribution is -2.31. The number of nitro groups is 1. The zero-order chi connectivity index (χ0) is 17.1. The molecule has 0 aliphatic rings. The van der Waals surface area contributed by atoms with Crippen molar-refractivity contribution in [3.05, 3.63) is 45.2 Å². The van der Waals surface area contributed by atoms with Gasteiger partial charge in [0.2, 0.25) is 0 Å². The van der Waals surface area contributed by atoms with Crippen LogP contribution >= 0.6 is 0 Å². The number of carbonyl (C=O) groups is 1. The van der Waals surface area contributed by atoms with E-state index in [1.807, 2.05) is 0 Å². The summed E-state index contributed by atoms with van der Waals surface area (Å²) in [6.45, 7) is 3.11. The van der Waals surface area contributed by atoms with E-state index >= 15 is 0 Å². The molecule has 0 aromatic rings. The zero-order valence-electron chi connectivity index (χ0n) is 12.5. The van der Waals surface area contributed by atoms with Crippen molar-refractivity contribution in [2.45, 2.75) is 13.8 Å². The molecule has 0 aromatic heterocycles. The Balaban J connectivity index is 5.70. The Morgan fingerprint density at radius 1 is 1.32 bits per heavy atom. The number of carbonyl (C=O) groups excluding carboxylic acids is 1. The van der Waals surface area contributed by atoms with Crippen LogP contribution in [0.5, 0.6) is 0 Å².